The van der Waals surface area contributed by atoms with Crippen molar-refractivity contribution in [3.05, 3.63) is 47.5 Å². The van der Waals surface area contributed by atoms with Crippen LogP contribution in [0.1, 0.15) is 103 Å². The summed E-state index contributed by atoms with van der Waals surface area (Å²) in [5.41, 5.74) is -0.833. The second-order valence-electron chi connectivity index (χ2n) is 14.3. The number of hydrogen-bond acceptors (Lipinski definition) is 10. The molecule has 2 atom stereocenters. The molecule has 0 aliphatic rings. The van der Waals surface area contributed by atoms with Gasteiger partial charge in [-0.15, -0.1) is 0 Å². The van der Waals surface area contributed by atoms with Crippen molar-refractivity contribution in [3.8, 4) is 11.5 Å². The van der Waals surface area contributed by atoms with E-state index in [0.717, 1.165) is 0 Å². The number of nitrogens with one attached hydrogen (secondary N) is 2. The number of carbonyl (C=O) groups is 4. The minimum Gasteiger partial charge on any atom is -0.497 e. The fourth-order valence-electron chi connectivity index (χ4n) is 4.45. The number of carbonyl (C=O) groups excluding carboxylic acids is 4. The van der Waals surface area contributed by atoms with E-state index in [4.69, 9.17) is 18.9 Å². The van der Waals surface area contributed by atoms with E-state index in [0.29, 0.717) is 45.3 Å². The van der Waals surface area contributed by atoms with Gasteiger partial charge >= 0.3 is 11.9 Å². The number of hydrogen-bond donors (Lipinski definition) is 2. The maximum Gasteiger partial charge on any atom is 0.329 e. The monoisotopic (exact) mass is 704 g/mol. The van der Waals surface area contributed by atoms with Gasteiger partial charge in [0.25, 0.3) is 11.8 Å². The van der Waals surface area contributed by atoms with E-state index in [2.05, 4.69) is 10.6 Å². The predicted octanol–water partition coefficient (Wildman–Crippen LogP) is 7.48. The van der Waals surface area contributed by atoms with Gasteiger partial charge in [0.1, 0.15) is 34.8 Å². The molecule has 0 heterocycles. The number of amides is 2. The minimum absolute atomic E-state index is 0.118. The number of benzene rings is 2. The highest BCUT2D eigenvalue weighted by Gasteiger charge is 2.30. The summed E-state index contributed by atoms with van der Waals surface area (Å²) in [5.74, 6) is -0.769. The predicted molar refractivity (Wildman–Crippen MR) is 191 cm³/mol. The molecule has 0 aliphatic carbocycles. The molecule has 10 nitrogen and oxygen atoms in total. The van der Waals surface area contributed by atoms with Crippen LogP contribution in [0.3, 0.4) is 0 Å². The molecule has 0 aliphatic heterocycles. The van der Waals surface area contributed by atoms with Crippen LogP contribution in [0.2, 0.25) is 0 Å². The molecule has 2 aromatic carbocycles. The first kappa shape index (κ1) is 40.8. The number of esters is 2. The maximum atomic E-state index is 13.7. The first-order chi connectivity index (χ1) is 22.2. The van der Waals surface area contributed by atoms with Gasteiger partial charge in [-0.25, -0.2) is 9.59 Å². The lowest BCUT2D eigenvalue weighted by atomic mass is 10.0. The Kier molecular flexibility index (Phi) is 15.2. The Morgan fingerprint density at radius 3 is 1.23 bits per heavy atom. The van der Waals surface area contributed by atoms with Crippen LogP contribution in [0.25, 0.3) is 0 Å². The topological polar surface area (TPSA) is 129 Å². The van der Waals surface area contributed by atoms with E-state index in [1.807, 2.05) is 27.7 Å². The normalized spacial score (nSPS) is 13.0. The molecule has 0 bridgehead atoms. The molecule has 48 heavy (non-hydrogen) atoms. The summed E-state index contributed by atoms with van der Waals surface area (Å²) in [6, 6.07) is 8.48. The van der Waals surface area contributed by atoms with Crippen LogP contribution in [0, 0.1) is 11.8 Å². The van der Waals surface area contributed by atoms with E-state index in [1.54, 1.807) is 77.9 Å². The smallest absolute Gasteiger partial charge is 0.329 e. The molecule has 0 radical (unpaired) electrons. The summed E-state index contributed by atoms with van der Waals surface area (Å²) < 4.78 is 22.0. The van der Waals surface area contributed by atoms with Crippen molar-refractivity contribution in [1.82, 2.24) is 10.6 Å². The van der Waals surface area contributed by atoms with Gasteiger partial charge in [0, 0.05) is 9.79 Å². The standard InChI is InChI=1S/C36H52N2O8S2/c1-21(2)17-27(33(41)45-35(5,6)7)37-31(39)25-19-23(43-11)13-15-29(25)47-48-30-16-14-24(44-12)20-26(30)32(40)38-28(18-22(3)4)34(42)46-36(8,9)10/h13-16,19-22,27-28H,17-18H2,1-12H3,(H,37,39)(H,38,40). The average molecular weight is 705 g/mol. The molecular weight excluding hydrogens is 653 g/mol. The second kappa shape index (κ2) is 17.9. The van der Waals surface area contributed by atoms with Crippen molar-refractivity contribution in [2.75, 3.05) is 14.2 Å². The SMILES string of the molecule is COc1ccc(SSc2ccc(OC)cc2C(=O)NC(CC(C)C)C(=O)OC(C)(C)C)c(C(=O)NC(CC(C)C)C(=O)OC(C)(C)C)c1. The Balaban J connectivity index is 2.41. The van der Waals surface area contributed by atoms with Crippen LogP contribution in [0.15, 0.2) is 46.2 Å². The molecule has 0 spiro atoms. The first-order valence-electron chi connectivity index (χ1n) is 16.0. The summed E-state index contributed by atoms with van der Waals surface area (Å²) in [4.78, 5) is 54.7. The molecule has 2 aromatic rings. The van der Waals surface area contributed by atoms with Crippen LogP contribution in [-0.2, 0) is 19.1 Å². The molecule has 0 fully saturated rings. The molecule has 266 valence electrons. The largest absolute Gasteiger partial charge is 0.497 e. The molecular formula is C36H52N2O8S2. The fraction of sp³-hybridized carbons (Fsp3) is 0.556. The van der Waals surface area contributed by atoms with Crippen molar-refractivity contribution >= 4 is 45.3 Å². The van der Waals surface area contributed by atoms with Crippen LogP contribution >= 0.6 is 21.6 Å². The Bertz CT molecular complexity index is 1320. The van der Waals surface area contributed by atoms with Crippen LogP contribution in [0.5, 0.6) is 11.5 Å². The molecule has 0 aromatic heterocycles. The fourth-order valence-corrected chi connectivity index (χ4v) is 6.77. The lowest BCUT2D eigenvalue weighted by Gasteiger charge is -2.26. The highest BCUT2D eigenvalue weighted by molar-refractivity contribution is 8.76. The summed E-state index contributed by atoms with van der Waals surface area (Å²) in [6.45, 7) is 18.5. The quantitative estimate of drug-likeness (QED) is 0.142. The van der Waals surface area contributed by atoms with Gasteiger partial charge in [0.2, 0.25) is 0 Å². The number of ether oxygens (including phenoxy) is 4. The third kappa shape index (κ3) is 13.6. The molecule has 2 rings (SSSR count). The number of rotatable bonds is 15. The third-order valence-corrected chi connectivity index (χ3v) is 8.97. The van der Waals surface area contributed by atoms with Gasteiger partial charge in [-0.1, -0.05) is 49.3 Å². The second-order valence-corrected chi connectivity index (χ2v) is 16.5. The Morgan fingerprint density at radius 2 is 0.958 bits per heavy atom. The van der Waals surface area contributed by atoms with Crippen molar-refractivity contribution in [2.24, 2.45) is 11.8 Å². The van der Waals surface area contributed by atoms with E-state index < -0.39 is 47.0 Å². The van der Waals surface area contributed by atoms with E-state index >= 15 is 0 Å². The highest BCUT2D eigenvalue weighted by Crippen LogP contribution is 2.42. The van der Waals surface area contributed by atoms with Crippen LogP contribution in [-0.4, -0.2) is 61.3 Å². The van der Waals surface area contributed by atoms with Crippen molar-refractivity contribution < 1.29 is 38.1 Å². The zero-order chi connectivity index (χ0) is 36.4. The molecule has 12 heteroatoms. The van der Waals surface area contributed by atoms with Gasteiger partial charge < -0.3 is 29.6 Å². The summed E-state index contributed by atoms with van der Waals surface area (Å²) >= 11 is 0. The summed E-state index contributed by atoms with van der Waals surface area (Å²) in [7, 11) is 5.55. The molecule has 2 amide bonds. The van der Waals surface area contributed by atoms with Crippen LogP contribution in [0.4, 0.5) is 0 Å². The molecule has 2 N–H and O–H groups in total. The Labute approximate surface area is 293 Å². The lowest BCUT2D eigenvalue weighted by molar-refractivity contribution is -0.158. The summed E-state index contributed by atoms with van der Waals surface area (Å²) in [5, 5.41) is 5.74. The van der Waals surface area contributed by atoms with Crippen molar-refractivity contribution in [2.45, 2.75) is 115 Å². The van der Waals surface area contributed by atoms with Gasteiger partial charge in [-0.3, -0.25) is 9.59 Å². The maximum absolute atomic E-state index is 13.7. The number of methoxy groups -OCH3 is 2. The van der Waals surface area contributed by atoms with Crippen molar-refractivity contribution in [1.29, 1.82) is 0 Å². The summed E-state index contributed by atoms with van der Waals surface area (Å²) in [6.07, 6.45) is 0.792. The third-order valence-electron chi connectivity index (χ3n) is 6.49. The highest BCUT2D eigenvalue weighted by atomic mass is 33.1. The van der Waals surface area contributed by atoms with Gasteiger partial charge in [0.05, 0.1) is 25.3 Å². The van der Waals surface area contributed by atoms with Gasteiger partial charge in [0.15, 0.2) is 0 Å². The Hall–Kier alpha value is -3.38. The molecule has 0 saturated heterocycles. The lowest BCUT2D eigenvalue weighted by Crippen LogP contribution is -2.45. The van der Waals surface area contributed by atoms with E-state index in [9.17, 15) is 19.2 Å². The first-order valence-corrected chi connectivity index (χ1v) is 18.2. The zero-order valence-electron chi connectivity index (χ0n) is 30.3. The average Bonchev–Trinajstić information content (AvgIpc) is 2.96. The molecule has 0 saturated carbocycles. The van der Waals surface area contributed by atoms with Gasteiger partial charge in [-0.05, 0) is 103 Å². The van der Waals surface area contributed by atoms with Crippen LogP contribution < -0.4 is 20.1 Å². The molecule has 2 unspecified atom stereocenters. The Morgan fingerprint density at radius 1 is 0.625 bits per heavy atom. The van der Waals surface area contributed by atoms with E-state index in [-0.39, 0.29) is 11.8 Å². The van der Waals surface area contributed by atoms with Crippen molar-refractivity contribution in [3.63, 3.8) is 0 Å². The van der Waals surface area contributed by atoms with Gasteiger partial charge in [-0.2, -0.15) is 0 Å². The minimum atomic E-state index is -0.853. The van der Waals surface area contributed by atoms with E-state index in [1.165, 1.54) is 35.8 Å². The zero-order valence-corrected chi connectivity index (χ0v) is 31.9.